The Labute approximate surface area is 110 Å². The fraction of sp³-hybridized carbons (Fsp3) is 0.0714. The van der Waals surface area contributed by atoms with E-state index in [1.807, 2.05) is 13.0 Å². The molecular formula is C14H10ClFN2. The van der Waals surface area contributed by atoms with Gasteiger partial charge in [0.1, 0.15) is 5.82 Å². The molecule has 0 unspecified atom stereocenters. The van der Waals surface area contributed by atoms with E-state index in [-0.39, 0.29) is 5.02 Å². The zero-order valence-electron chi connectivity index (χ0n) is 9.67. The molecule has 0 aliphatic carbocycles. The van der Waals surface area contributed by atoms with Gasteiger partial charge in [0.05, 0.1) is 16.7 Å². The molecule has 0 amide bonds. The summed E-state index contributed by atoms with van der Waals surface area (Å²) >= 11 is 5.61. The highest BCUT2D eigenvalue weighted by Crippen LogP contribution is 2.23. The zero-order chi connectivity index (χ0) is 13.1. The van der Waals surface area contributed by atoms with Crippen LogP contribution in [0.15, 0.2) is 36.4 Å². The first-order valence-electron chi connectivity index (χ1n) is 5.33. The summed E-state index contributed by atoms with van der Waals surface area (Å²) < 4.78 is 13.3. The Morgan fingerprint density at radius 1 is 1.17 bits per heavy atom. The van der Waals surface area contributed by atoms with Crippen molar-refractivity contribution in [3.05, 3.63) is 58.4 Å². The third-order valence-electron chi connectivity index (χ3n) is 2.56. The van der Waals surface area contributed by atoms with Crippen molar-refractivity contribution < 1.29 is 4.39 Å². The van der Waals surface area contributed by atoms with Crippen molar-refractivity contribution in [2.24, 2.45) is 0 Å². The topological polar surface area (TPSA) is 35.8 Å². The molecule has 4 heteroatoms. The van der Waals surface area contributed by atoms with Crippen molar-refractivity contribution in [2.45, 2.75) is 6.92 Å². The third kappa shape index (κ3) is 2.61. The van der Waals surface area contributed by atoms with E-state index in [1.165, 1.54) is 12.1 Å². The molecule has 0 spiro atoms. The Bertz CT molecular complexity index is 632. The number of hydrogen-bond acceptors (Lipinski definition) is 2. The Morgan fingerprint density at radius 3 is 2.44 bits per heavy atom. The minimum Gasteiger partial charge on any atom is -0.355 e. The first-order chi connectivity index (χ1) is 8.60. The fourth-order valence-corrected chi connectivity index (χ4v) is 1.72. The van der Waals surface area contributed by atoms with Gasteiger partial charge >= 0.3 is 0 Å². The Balaban J connectivity index is 2.26. The van der Waals surface area contributed by atoms with E-state index in [0.29, 0.717) is 11.3 Å². The van der Waals surface area contributed by atoms with Gasteiger partial charge in [-0.05, 0) is 48.9 Å². The van der Waals surface area contributed by atoms with Crippen LogP contribution in [0.5, 0.6) is 0 Å². The van der Waals surface area contributed by atoms with Crippen molar-refractivity contribution in [1.82, 2.24) is 0 Å². The highest BCUT2D eigenvalue weighted by Gasteiger charge is 2.03. The summed E-state index contributed by atoms with van der Waals surface area (Å²) in [6.45, 7) is 1.85. The number of rotatable bonds is 2. The summed E-state index contributed by atoms with van der Waals surface area (Å²) in [5.41, 5.74) is 2.91. The summed E-state index contributed by atoms with van der Waals surface area (Å²) in [4.78, 5) is 0. The normalized spacial score (nSPS) is 9.89. The number of benzene rings is 2. The van der Waals surface area contributed by atoms with Crippen LogP contribution in [-0.4, -0.2) is 0 Å². The number of nitriles is 1. The second kappa shape index (κ2) is 5.07. The molecule has 2 rings (SSSR count). The lowest BCUT2D eigenvalue weighted by Crippen LogP contribution is -1.93. The molecule has 90 valence electrons. The van der Waals surface area contributed by atoms with Gasteiger partial charge in [-0.1, -0.05) is 11.6 Å². The van der Waals surface area contributed by atoms with Crippen LogP contribution < -0.4 is 5.32 Å². The molecular weight excluding hydrogens is 251 g/mol. The fourth-order valence-electron chi connectivity index (χ4n) is 1.61. The predicted molar refractivity (Wildman–Crippen MR) is 70.6 cm³/mol. The van der Waals surface area contributed by atoms with Gasteiger partial charge in [0, 0.05) is 11.4 Å². The SMILES string of the molecule is Cc1cc(Nc2ccc(Cl)c(F)c2)ccc1C#N. The molecule has 0 aromatic heterocycles. The van der Waals surface area contributed by atoms with Crippen LogP contribution in [0.3, 0.4) is 0 Å². The summed E-state index contributed by atoms with van der Waals surface area (Å²) in [5.74, 6) is -0.466. The van der Waals surface area contributed by atoms with Crippen molar-refractivity contribution in [1.29, 1.82) is 5.26 Å². The van der Waals surface area contributed by atoms with Gasteiger partial charge in [0.15, 0.2) is 0 Å². The van der Waals surface area contributed by atoms with Crippen molar-refractivity contribution in [3.8, 4) is 6.07 Å². The van der Waals surface area contributed by atoms with E-state index in [9.17, 15) is 4.39 Å². The highest BCUT2D eigenvalue weighted by atomic mass is 35.5. The maximum atomic E-state index is 13.3. The second-order valence-electron chi connectivity index (χ2n) is 3.90. The van der Waals surface area contributed by atoms with E-state index in [4.69, 9.17) is 16.9 Å². The van der Waals surface area contributed by atoms with Crippen molar-refractivity contribution in [3.63, 3.8) is 0 Å². The van der Waals surface area contributed by atoms with E-state index < -0.39 is 5.82 Å². The average Bonchev–Trinajstić information content (AvgIpc) is 2.34. The smallest absolute Gasteiger partial charge is 0.143 e. The zero-order valence-corrected chi connectivity index (χ0v) is 10.4. The van der Waals surface area contributed by atoms with Crippen LogP contribution in [0.4, 0.5) is 15.8 Å². The average molecular weight is 261 g/mol. The maximum absolute atomic E-state index is 13.3. The van der Waals surface area contributed by atoms with E-state index in [1.54, 1.807) is 18.2 Å². The van der Waals surface area contributed by atoms with Crippen LogP contribution in [-0.2, 0) is 0 Å². The molecule has 2 aromatic rings. The van der Waals surface area contributed by atoms with Crippen LogP contribution in [0.2, 0.25) is 5.02 Å². The van der Waals surface area contributed by atoms with Crippen molar-refractivity contribution >= 4 is 23.0 Å². The van der Waals surface area contributed by atoms with Gasteiger partial charge in [-0.3, -0.25) is 0 Å². The van der Waals surface area contributed by atoms with Gasteiger partial charge in [-0.15, -0.1) is 0 Å². The summed E-state index contributed by atoms with van der Waals surface area (Å²) in [7, 11) is 0. The lowest BCUT2D eigenvalue weighted by atomic mass is 10.1. The van der Waals surface area contributed by atoms with Gasteiger partial charge in [-0.2, -0.15) is 5.26 Å². The highest BCUT2D eigenvalue weighted by molar-refractivity contribution is 6.30. The first kappa shape index (κ1) is 12.4. The number of anilines is 2. The molecule has 1 N–H and O–H groups in total. The van der Waals surface area contributed by atoms with Crippen LogP contribution >= 0.6 is 11.6 Å². The van der Waals surface area contributed by atoms with Gasteiger partial charge in [0.2, 0.25) is 0 Å². The number of halogens is 2. The Morgan fingerprint density at radius 2 is 1.83 bits per heavy atom. The number of hydrogen-bond donors (Lipinski definition) is 1. The third-order valence-corrected chi connectivity index (χ3v) is 2.86. The molecule has 0 atom stereocenters. The molecule has 0 aliphatic rings. The molecule has 0 radical (unpaired) electrons. The van der Waals surface area contributed by atoms with E-state index in [0.717, 1.165) is 11.3 Å². The standard InChI is InChI=1S/C14H10ClFN2/c1-9-6-11(3-2-10(9)8-17)18-12-4-5-13(15)14(16)7-12/h2-7,18H,1H3. The maximum Gasteiger partial charge on any atom is 0.143 e. The molecule has 0 bridgehead atoms. The summed E-state index contributed by atoms with van der Waals surface area (Å²) in [6, 6.07) is 12.0. The minimum atomic E-state index is -0.466. The summed E-state index contributed by atoms with van der Waals surface area (Å²) in [6.07, 6.45) is 0. The molecule has 0 saturated carbocycles. The van der Waals surface area contributed by atoms with Crippen LogP contribution in [0, 0.1) is 24.1 Å². The summed E-state index contributed by atoms with van der Waals surface area (Å²) in [5, 5.41) is 12.0. The van der Waals surface area contributed by atoms with E-state index in [2.05, 4.69) is 11.4 Å². The molecule has 0 heterocycles. The lowest BCUT2D eigenvalue weighted by Gasteiger charge is -2.08. The van der Waals surface area contributed by atoms with Gasteiger partial charge in [0.25, 0.3) is 0 Å². The van der Waals surface area contributed by atoms with E-state index >= 15 is 0 Å². The van der Waals surface area contributed by atoms with Crippen LogP contribution in [0.1, 0.15) is 11.1 Å². The van der Waals surface area contributed by atoms with Crippen LogP contribution in [0.25, 0.3) is 0 Å². The minimum absolute atomic E-state index is 0.0940. The quantitative estimate of drug-likeness (QED) is 0.869. The Kier molecular flexibility index (Phi) is 3.50. The monoisotopic (exact) mass is 260 g/mol. The number of nitrogens with zero attached hydrogens (tertiary/aromatic N) is 1. The lowest BCUT2D eigenvalue weighted by molar-refractivity contribution is 0.629. The largest absolute Gasteiger partial charge is 0.355 e. The van der Waals surface area contributed by atoms with Gasteiger partial charge in [-0.25, -0.2) is 4.39 Å². The molecule has 2 nitrogen and oxygen atoms in total. The number of nitrogens with one attached hydrogen (secondary N) is 1. The number of aryl methyl sites for hydroxylation is 1. The molecule has 18 heavy (non-hydrogen) atoms. The second-order valence-corrected chi connectivity index (χ2v) is 4.30. The molecule has 0 saturated heterocycles. The molecule has 2 aromatic carbocycles. The molecule has 0 aliphatic heterocycles. The van der Waals surface area contributed by atoms with Crippen molar-refractivity contribution in [2.75, 3.05) is 5.32 Å². The Hall–Kier alpha value is -2.05. The molecule has 0 fully saturated rings. The predicted octanol–water partition coefficient (Wildman–Crippen LogP) is 4.40. The van der Waals surface area contributed by atoms with Gasteiger partial charge < -0.3 is 5.32 Å². The first-order valence-corrected chi connectivity index (χ1v) is 5.71.